The molecular weight excluding hydrogens is 232 g/mol. The molecule has 0 aliphatic carbocycles. The molecule has 6 heteroatoms. The van der Waals surface area contributed by atoms with E-state index in [0.717, 1.165) is 18.9 Å². The molecule has 1 saturated heterocycles. The number of nitrogen functional groups attached to an aromatic ring is 1. The van der Waals surface area contributed by atoms with Crippen molar-refractivity contribution in [1.82, 2.24) is 4.98 Å². The summed E-state index contributed by atoms with van der Waals surface area (Å²) >= 11 is 0. The SMILES string of the molecule is C[C@@H]1C[C@@H](C)CN(c2ccc([N+](=O)[O-])c(N)n2)C1. The number of aromatic nitrogens is 1. The van der Waals surface area contributed by atoms with Crippen LogP contribution in [-0.4, -0.2) is 23.0 Å². The van der Waals surface area contributed by atoms with Gasteiger partial charge in [0.25, 0.3) is 0 Å². The topological polar surface area (TPSA) is 85.3 Å². The van der Waals surface area contributed by atoms with Crippen molar-refractivity contribution >= 4 is 17.3 Å². The summed E-state index contributed by atoms with van der Waals surface area (Å²) in [5.74, 6) is 1.93. The van der Waals surface area contributed by atoms with Gasteiger partial charge in [0.1, 0.15) is 5.82 Å². The summed E-state index contributed by atoms with van der Waals surface area (Å²) in [6.07, 6.45) is 1.21. The molecule has 1 fully saturated rings. The summed E-state index contributed by atoms with van der Waals surface area (Å²) in [7, 11) is 0. The lowest BCUT2D eigenvalue weighted by atomic mass is 9.92. The van der Waals surface area contributed by atoms with Gasteiger partial charge in [0.15, 0.2) is 0 Å². The van der Waals surface area contributed by atoms with Crippen molar-refractivity contribution < 1.29 is 4.92 Å². The standard InChI is InChI=1S/C12H18N4O2/c1-8-5-9(2)7-15(6-8)11-4-3-10(16(17)18)12(13)14-11/h3-4,8-9H,5-7H2,1-2H3,(H2,13,14)/t8-,9-/m1/s1. The Hall–Kier alpha value is -1.85. The number of anilines is 2. The van der Waals surface area contributed by atoms with E-state index in [4.69, 9.17) is 5.73 Å². The number of hydrogen-bond donors (Lipinski definition) is 1. The Balaban J connectivity index is 2.23. The highest BCUT2D eigenvalue weighted by molar-refractivity contribution is 5.58. The van der Waals surface area contributed by atoms with Crippen molar-refractivity contribution in [1.29, 1.82) is 0 Å². The number of pyridine rings is 1. The van der Waals surface area contributed by atoms with Crippen LogP contribution >= 0.6 is 0 Å². The molecule has 0 spiro atoms. The summed E-state index contributed by atoms with van der Waals surface area (Å²) < 4.78 is 0. The minimum Gasteiger partial charge on any atom is -0.378 e. The lowest BCUT2D eigenvalue weighted by Gasteiger charge is -2.35. The van der Waals surface area contributed by atoms with Gasteiger partial charge in [-0.15, -0.1) is 0 Å². The minimum atomic E-state index is -0.506. The monoisotopic (exact) mass is 250 g/mol. The third kappa shape index (κ3) is 2.52. The van der Waals surface area contributed by atoms with Crippen molar-refractivity contribution in [3.05, 3.63) is 22.2 Å². The van der Waals surface area contributed by atoms with Crippen LogP contribution < -0.4 is 10.6 Å². The zero-order valence-electron chi connectivity index (χ0n) is 10.7. The quantitative estimate of drug-likeness (QED) is 0.641. The maximum Gasteiger partial charge on any atom is 0.311 e. The summed E-state index contributed by atoms with van der Waals surface area (Å²) in [6, 6.07) is 3.11. The van der Waals surface area contributed by atoms with E-state index in [2.05, 4.69) is 23.7 Å². The van der Waals surface area contributed by atoms with E-state index >= 15 is 0 Å². The van der Waals surface area contributed by atoms with Gasteiger partial charge in [0.2, 0.25) is 5.82 Å². The molecule has 98 valence electrons. The third-order valence-corrected chi connectivity index (χ3v) is 3.28. The van der Waals surface area contributed by atoms with Crippen LogP contribution in [0.3, 0.4) is 0 Å². The lowest BCUT2D eigenvalue weighted by molar-refractivity contribution is -0.384. The Morgan fingerprint density at radius 1 is 1.39 bits per heavy atom. The van der Waals surface area contributed by atoms with Crippen LogP contribution in [0.5, 0.6) is 0 Å². The predicted octanol–water partition coefficient (Wildman–Crippen LogP) is 2.05. The maximum atomic E-state index is 10.7. The molecule has 1 aromatic rings. The molecule has 2 atom stereocenters. The fourth-order valence-electron chi connectivity index (χ4n) is 2.64. The zero-order chi connectivity index (χ0) is 13.3. The van der Waals surface area contributed by atoms with E-state index in [9.17, 15) is 10.1 Å². The summed E-state index contributed by atoms with van der Waals surface area (Å²) in [6.45, 7) is 6.26. The Morgan fingerprint density at radius 2 is 2.00 bits per heavy atom. The molecule has 0 bridgehead atoms. The molecule has 18 heavy (non-hydrogen) atoms. The lowest BCUT2D eigenvalue weighted by Crippen LogP contribution is -2.39. The van der Waals surface area contributed by atoms with Gasteiger partial charge < -0.3 is 10.6 Å². The molecule has 0 saturated carbocycles. The van der Waals surface area contributed by atoms with E-state index < -0.39 is 4.92 Å². The number of hydrogen-bond acceptors (Lipinski definition) is 5. The Labute approximate surface area is 106 Å². The molecule has 6 nitrogen and oxygen atoms in total. The largest absolute Gasteiger partial charge is 0.378 e. The molecule has 2 heterocycles. The van der Waals surface area contributed by atoms with Crippen LogP contribution in [-0.2, 0) is 0 Å². The molecule has 1 aliphatic heterocycles. The molecule has 0 aromatic carbocycles. The van der Waals surface area contributed by atoms with Crippen molar-refractivity contribution in [3.8, 4) is 0 Å². The van der Waals surface area contributed by atoms with Crippen molar-refractivity contribution in [2.24, 2.45) is 11.8 Å². The molecule has 1 aliphatic rings. The average molecular weight is 250 g/mol. The van der Waals surface area contributed by atoms with Crippen LogP contribution in [0, 0.1) is 22.0 Å². The van der Waals surface area contributed by atoms with E-state index in [-0.39, 0.29) is 11.5 Å². The Kier molecular flexibility index (Phi) is 3.36. The number of nitro groups is 1. The van der Waals surface area contributed by atoms with E-state index in [1.54, 1.807) is 6.07 Å². The first-order valence-electron chi connectivity index (χ1n) is 6.13. The highest BCUT2D eigenvalue weighted by Crippen LogP contribution is 2.28. The second-order valence-electron chi connectivity index (χ2n) is 5.18. The van der Waals surface area contributed by atoms with E-state index in [1.807, 2.05) is 0 Å². The van der Waals surface area contributed by atoms with Crippen molar-refractivity contribution in [2.45, 2.75) is 20.3 Å². The van der Waals surface area contributed by atoms with Crippen LogP contribution in [0.25, 0.3) is 0 Å². The van der Waals surface area contributed by atoms with Crippen LogP contribution in [0.15, 0.2) is 12.1 Å². The number of nitrogens with two attached hydrogens (primary N) is 1. The molecule has 2 rings (SSSR count). The Bertz CT molecular complexity index is 453. The predicted molar refractivity (Wildman–Crippen MR) is 70.5 cm³/mol. The van der Waals surface area contributed by atoms with Gasteiger partial charge >= 0.3 is 5.69 Å². The molecule has 1 aromatic heterocycles. The average Bonchev–Trinajstić information content (AvgIpc) is 2.26. The first-order valence-corrected chi connectivity index (χ1v) is 6.13. The van der Waals surface area contributed by atoms with Crippen LogP contribution in [0.1, 0.15) is 20.3 Å². The second kappa shape index (κ2) is 4.80. The summed E-state index contributed by atoms with van der Waals surface area (Å²) in [5, 5.41) is 10.7. The van der Waals surface area contributed by atoms with Crippen LogP contribution in [0.4, 0.5) is 17.3 Å². The van der Waals surface area contributed by atoms with Gasteiger partial charge in [-0.3, -0.25) is 10.1 Å². The Morgan fingerprint density at radius 3 is 2.50 bits per heavy atom. The molecule has 2 N–H and O–H groups in total. The van der Waals surface area contributed by atoms with Gasteiger partial charge in [-0.25, -0.2) is 4.98 Å². The van der Waals surface area contributed by atoms with Gasteiger partial charge in [0, 0.05) is 19.2 Å². The van der Waals surface area contributed by atoms with Gasteiger partial charge in [-0.2, -0.15) is 0 Å². The van der Waals surface area contributed by atoms with Crippen molar-refractivity contribution in [3.63, 3.8) is 0 Å². The van der Waals surface area contributed by atoms with Crippen LogP contribution in [0.2, 0.25) is 0 Å². The first-order chi connectivity index (χ1) is 8.47. The maximum absolute atomic E-state index is 10.7. The van der Waals surface area contributed by atoms with Gasteiger partial charge in [-0.05, 0) is 24.3 Å². The van der Waals surface area contributed by atoms with Crippen molar-refractivity contribution in [2.75, 3.05) is 23.7 Å². The highest BCUT2D eigenvalue weighted by atomic mass is 16.6. The number of piperidine rings is 1. The normalized spacial score (nSPS) is 24.0. The fraction of sp³-hybridized carbons (Fsp3) is 0.583. The minimum absolute atomic E-state index is 0.0108. The van der Waals surface area contributed by atoms with E-state index in [1.165, 1.54) is 12.5 Å². The molecule has 0 unspecified atom stereocenters. The molecule has 0 radical (unpaired) electrons. The zero-order valence-corrected chi connectivity index (χ0v) is 10.7. The fourth-order valence-corrected chi connectivity index (χ4v) is 2.64. The van der Waals surface area contributed by atoms with Gasteiger partial charge in [0.05, 0.1) is 4.92 Å². The summed E-state index contributed by atoms with van der Waals surface area (Å²) in [4.78, 5) is 16.5. The van der Waals surface area contributed by atoms with Gasteiger partial charge in [-0.1, -0.05) is 13.8 Å². The number of rotatable bonds is 2. The molecule has 0 amide bonds. The smallest absolute Gasteiger partial charge is 0.311 e. The van der Waals surface area contributed by atoms with E-state index in [0.29, 0.717) is 11.8 Å². The third-order valence-electron chi connectivity index (χ3n) is 3.28. The second-order valence-corrected chi connectivity index (χ2v) is 5.18. The highest BCUT2D eigenvalue weighted by Gasteiger charge is 2.24. The summed E-state index contributed by atoms with van der Waals surface area (Å²) in [5.41, 5.74) is 5.49. The number of nitrogens with zero attached hydrogens (tertiary/aromatic N) is 3. The molecular formula is C12H18N4O2. The first kappa shape index (κ1) is 12.6.